The molecule has 0 amide bonds. The Morgan fingerprint density at radius 3 is 2.60 bits per heavy atom. The van der Waals surface area contributed by atoms with E-state index in [1.165, 1.54) is 12.7 Å². The van der Waals surface area contributed by atoms with Gasteiger partial charge in [0.2, 0.25) is 0 Å². The molecular formula is C11H15NO2S. The molecule has 0 heterocycles. The molecule has 0 saturated carbocycles. The third-order valence-corrected chi connectivity index (χ3v) is 2.97. The Morgan fingerprint density at radius 2 is 2.07 bits per heavy atom. The molecule has 1 aromatic rings. The van der Waals surface area contributed by atoms with Crippen molar-refractivity contribution in [3.05, 3.63) is 35.4 Å². The van der Waals surface area contributed by atoms with Gasteiger partial charge in [-0.05, 0) is 17.7 Å². The van der Waals surface area contributed by atoms with E-state index < -0.39 is 0 Å². The van der Waals surface area contributed by atoms with Crippen molar-refractivity contribution >= 4 is 17.7 Å². The summed E-state index contributed by atoms with van der Waals surface area (Å²) in [6.07, 6.45) is 0. The fourth-order valence-corrected chi connectivity index (χ4v) is 1.87. The van der Waals surface area contributed by atoms with Crippen molar-refractivity contribution in [2.24, 2.45) is 5.73 Å². The second-order valence-corrected chi connectivity index (χ2v) is 4.13. The predicted molar refractivity (Wildman–Crippen MR) is 63.0 cm³/mol. The molecular weight excluding hydrogens is 210 g/mol. The zero-order valence-corrected chi connectivity index (χ0v) is 9.55. The largest absolute Gasteiger partial charge is 0.465 e. The molecule has 0 fully saturated rings. The van der Waals surface area contributed by atoms with Crippen LogP contribution in [0.1, 0.15) is 15.9 Å². The Balaban J connectivity index is 2.52. The van der Waals surface area contributed by atoms with Crippen LogP contribution in [0.2, 0.25) is 0 Å². The number of benzene rings is 1. The van der Waals surface area contributed by atoms with Crippen molar-refractivity contribution in [2.75, 3.05) is 19.4 Å². The Morgan fingerprint density at radius 1 is 1.40 bits per heavy atom. The molecule has 1 rings (SSSR count). The minimum Gasteiger partial charge on any atom is -0.465 e. The number of nitrogens with two attached hydrogens (primary N) is 1. The molecule has 0 unspecified atom stereocenters. The quantitative estimate of drug-likeness (QED) is 0.611. The van der Waals surface area contributed by atoms with E-state index in [1.807, 2.05) is 12.1 Å². The summed E-state index contributed by atoms with van der Waals surface area (Å²) in [6, 6.07) is 7.44. The van der Waals surface area contributed by atoms with E-state index in [2.05, 4.69) is 4.74 Å². The van der Waals surface area contributed by atoms with Gasteiger partial charge in [-0.2, -0.15) is 11.8 Å². The zero-order valence-electron chi connectivity index (χ0n) is 8.73. The summed E-state index contributed by atoms with van der Waals surface area (Å²) in [4.78, 5) is 11.1. The van der Waals surface area contributed by atoms with E-state index in [0.717, 1.165) is 11.5 Å². The van der Waals surface area contributed by atoms with E-state index in [4.69, 9.17) is 5.73 Å². The van der Waals surface area contributed by atoms with Crippen molar-refractivity contribution in [1.82, 2.24) is 0 Å². The van der Waals surface area contributed by atoms with E-state index in [-0.39, 0.29) is 5.97 Å². The number of rotatable bonds is 5. The first kappa shape index (κ1) is 12.1. The van der Waals surface area contributed by atoms with Crippen LogP contribution in [0.15, 0.2) is 24.3 Å². The molecule has 0 spiro atoms. The summed E-state index contributed by atoms with van der Waals surface area (Å²) in [5.74, 6) is 1.59. The minimum atomic E-state index is -0.295. The summed E-state index contributed by atoms with van der Waals surface area (Å²) in [5.41, 5.74) is 7.18. The molecule has 15 heavy (non-hydrogen) atoms. The lowest BCUT2D eigenvalue weighted by molar-refractivity contribution is 0.0601. The molecule has 1 aromatic carbocycles. The number of hydrogen-bond acceptors (Lipinski definition) is 4. The molecule has 82 valence electrons. The predicted octanol–water partition coefficient (Wildman–Crippen LogP) is 1.67. The van der Waals surface area contributed by atoms with Gasteiger partial charge in [-0.15, -0.1) is 0 Å². The molecule has 2 N–H and O–H groups in total. The van der Waals surface area contributed by atoms with Gasteiger partial charge in [-0.25, -0.2) is 4.79 Å². The van der Waals surface area contributed by atoms with Gasteiger partial charge in [0.25, 0.3) is 0 Å². The van der Waals surface area contributed by atoms with Gasteiger partial charge < -0.3 is 10.5 Å². The van der Waals surface area contributed by atoms with Crippen molar-refractivity contribution in [1.29, 1.82) is 0 Å². The molecule has 0 aliphatic heterocycles. The molecule has 0 aliphatic rings. The summed E-state index contributed by atoms with van der Waals surface area (Å²) >= 11 is 1.79. The second kappa shape index (κ2) is 6.48. The summed E-state index contributed by atoms with van der Waals surface area (Å²) in [5, 5.41) is 0. The highest BCUT2D eigenvalue weighted by Crippen LogP contribution is 2.12. The van der Waals surface area contributed by atoms with E-state index in [1.54, 1.807) is 23.9 Å². The number of esters is 1. The maximum absolute atomic E-state index is 11.1. The lowest BCUT2D eigenvalue weighted by Gasteiger charge is -2.02. The van der Waals surface area contributed by atoms with Gasteiger partial charge in [0.1, 0.15) is 0 Å². The molecule has 4 heteroatoms. The number of carbonyl (C=O) groups is 1. The number of hydrogen-bond donors (Lipinski definition) is 1. The number of thioether (sulfide) groups is 1. The van der Waals surface area contributed by atoms with Gasteiger partial charge in [0, 0.05) is 18.1 Å². The maximum atomic E-state index is 11.1. The number of methoxy groups -OCH3 is 1. The Hall–Kier alpha value is -1.00. The first-order valence-electron chi connectivity index (χ1n) is 4.73. The van der Waals surface area contributed by atoms with Crippen molar-refractivity contribution in [3.63, 3.8) is 0 Å². The monoisotopic (exact) mass is 225 g/mol. The smallest absolute Gasteiger partial charge is 0.337 e. The molecule has 0 bridgehead atoms. The molecule has 0 aromatic heterocycles. The summed E-state index contributed by atoms with van der Waals surface area (Å²) in [7, 11) is 1.38. The van der Waals surface area contributed by atoms with E-state index >= 15 is 0 Å². The van der Waals surface area contributed by atoms with Gasteiger partial charge >= 0.3 is 5.97 Å². The first-order valence-corrected chi connectivity index (χ1v) is 5.88. The molecule has 0 atom stereocenters. The van der Waals surface area contributed by atoms with Gasteiger partial charge in [0.15, 0.2) is 0 Å². The highest BCUT2D eigenvalue weighted by atomic mass is 32.2. The topological polar surface area (TPSA) is 52.3 Å². The lowest BCUT2D eigenvalue weighted by Crippen LogP contribution is -2.02. The third-order valence-electron chi connectivity index (χ3n) is 1.91. The van der Waals surface area contributed by atoms with Crippen LogP contribution in [-0.4, -0.2) is 25.4 Å². The van der Waals surface area contributed by atoms with Crippen LogP contribution in [0, 0.1) is 0 Å². The van der Waals surface area contributed by atoms with Crippen molar-refractivity contribution in [2.45, 2.75) is 5.75 Å². The fraction of sp³-hybridized carbons (Fsp3) is 0.364. The van der Waals surface area contributed by atoms with Gasteiger partial charge in [-0.3, -0.25) is 0 Å². The Bertz CT molecular complexity index is 311. The maximum Gasteiger partial charge on any atom is 0.337 e. The zero-order chi connectivity index (χ0) is 11.1. The van der Waals surface area contributed by atoms with Crippen molar-refractivity contribution in [3.8, 4) is 0 Å². The Labute approximate surface area is 94.0 Å². The minimum absolute atomic E-state index is 0.295. The van der Waals surface area contributed by atoms with Gasteiger partial charge in [0.05, 0.1) is 12.7 Å². The second-order valence-electron chi connectivity index (χ2n) is 3.03. The highest BCUT2D eigenvalue weighted by Gasteiger charge is 2.03. The number of ether oxygens (including phenoxy) is 1. The normalized spacial score (nSPS) is 10.0. The first-order chi connectivity index (χ1) is 7.27. The molecule has 0 radical (unpaired) electrons. The standard InChI is InChI=1S/C11H15NO2S/c1-14-11(13)10-4-2-9(3-5-10)8-15-7-6-12/h2-5H,6-8,12H2,1H3. The third kappa shape index (κ3) is 3.93. The highest BCUT2D eigenvalue weighted by molar-refractivity contribution is 7.98. The summed E-state index contributed by atoms with van der Waals surface area (Å²) in [6.45, 7) is 0.699. The van der Waals surface area contributed by atoms with Crippen LogP contribution in [-0.2, 0) is 10.5 Å². The molecule has 0 aliphatic carbocycles. The summed E-state index contributed by atoms with van der Waals surface area (Å²) < 4.78 is 4.61. The van der Waals surface area contributed by atoms with Crippen LogP contribution in [0.4, 0.5) is 0 Å². The Kier molecular flexibility index (Phi) is 5.21. The van der Waals surface area contributed by atoms with Crippen LogP contribution < -0.4 is 5.73 Å². The van der Waals surface area contributed by atoms with Gasteiger partial charge in [-0.1, -0.05) is 12.1 Å². The van der Waals surface area contributed by atoms with Crippen molar-refractivity contribution < 1.29 is 9.53 Å². The SMILES string of the molecule is COC(=O)c1ccc(CSCCN)cc1. The van der Waals surface area contributed by atoms with Crippen LogP contribution in [0.3, 0.4) is 0 Å². The average Bonchev–Trinajstić information content (AvgIpc) is 2.29. The lowest BCUT2D eigenvalue weighted by atomic mass is 10.1. The average molecular weight is 225 g/mol. The van der Waals surface area contributed by atoms with Crippen LogP contribution >= 0.6 is 11.8 Å². The van der Waals surface area contributed by atoms with Crippen LogP contribution in [0.25, 0.3) is 0 Å². The van der Waals surface area contributed by atoms with E-state index in [9.17, 15) is 4.79 Å². The van der Waals surface area contributed by atoms with Crippen LogP contribution in [0.5, 0.6) is 0 Å². The molecule has 3 nitrogen and oxygen atoms in total. The number of carbonyl (C=O) groups excluding carboxylic acids is 1. The fourth-order valence-electron chi connectivity index (χ4n) is 1.13. The molecule has 0 saturated heterocycles. The van der Waals surface area contributed by atoms with E-state index in [0.29, 0.717) is 12.1 Å².